The molecule has 0 radical (unpaired) electrons. The fourth-order valence-electron chi connectivity index (χ4n) is 1.95. The van der Waals surface area contributed by atoms with Gasteiger partial charge in [0.25, 0.3) is 5.69 Å². The summed E-state index contributed by atoms with van der Waals surface area (Å²) in [4.78, 5) is 59.2. The van der Waals surface area contributed by atoms with Crippen LogP contribution in [0.5, 0.6) is 0 Å². The number of carbonyl (C=O) groups excluding carboxylic acids is 2. The SMILES string of the molecule is O=C=CCNC(=O)NCc1cc([N+](=O)[O-])cc2[nH]c(=O)c(=O)[nH]c12. The summed E-state index contributed by atoms with van der Waals surface area (Å²) in [6.07, 6.45) is 1.06. The van der Waals surface area contributed by atoms with Crippen LogP contribution in [0.25, 0.3) is 11.0 Å². The van der Waals surface area contributed by atoms with Gasteiger partial charge in [0.2, 0.25) is 0 Å². The van der Waals surface area contributed by atoms with Gasteiger partial charge in [0, 0.05) is 36.9 Å². The number of hydrogen-bond acceptors (Lipinski definition) is 6. The molecule has 0 unspecified atom stereocenters. The molecular formula is C13H11N5O6. The van der Waals surface area contributed by atoms with Crippen LogP contribution in [0.3, 0.4) is 0 Å². The largest absolute Gasteiger partial charge is 0.334 e. The van der Waals surface area contributed by atoms with Crippen LogP contribution in [0.15, 0.2) is 27.8 Å². The number of non-ortho nitro benzene ring substituents is 1. The monoisotopic (exact) mass is 333 g/mol. The first-order valence-electron chi connectivity index (χ1n) is 6.57. The molecule has 0 aliphatic rings. The number of nitro benzene ring substituents is 1. The van der Waals surface area contributed by atoms with Gasteiger partial charge in [-0.3, -0.25) is 19.7 Å². The minimum absolute atomic E-state index is 0.0326. The van der Waals surface area contributed by atoms with E-state index in [1.165, 1.54) is 12.0 Å². The molecule has 11 heteroatoms. The van der Waals surface area contributed by atoms with E-state index in [9.17, 15) is 29.3 Å². The van der Waals surface area contributed by atoms with Gasteiger partial charge >= 0.3 is 17.1 Å². The first kappa shape index (κ1) is 16.6. The number of fused-ring (bicyclic) bond motifs is 1. The number of amides is 2. The lowest BCUT2D eigenvalue weighted by molar-refractivity contribution is -0.384. The van der Waals surface area contributed by atoms with Crippen molar-refractivity contribution in [2.24, 2.45) is 0 Å². The summed E-state index contributed by atoms with van der Waals surface area (Å²) in [5.41, 5.74) is -1.72. The molecule has 2 rings (SSSR count). The average molecular weight is 333 g/mol. The van der Waals surface area contributed by atoms with Gasteiger partial charge in [-0.25, -0.2) is 9.59 Å². The summed E-state index contributed by atoms with van der Waals surface area (Å²) >= 11 is 0. The predicted octanol–water partition coefficient (Wildman–Crippen LogP) is -0.688. The van der Waals surface area contributed by atoms with Crippen molar-refractivity contribution in [3.05, 3.63) is 54.6 Å². The maximum Gasteiger partial charge on any atom is 0.315 e. The Kier molecular flexibility index (Phi) is 4.87. The smallest absolute Gasteiger partial charge is 0.315 e. The third-order valence-corrected chi connectivity index (χ3v) is 3.00. The van der Waals surface area contributed by atoms with Gasteiger partial charge in [-0.2, -0.15) is 0 Å². The van der Waals surface area contributed by atoms with E-state index >= 15 is 0 Å². The van der Waals surface area contributed by atoms with Crippen LogP contribution in [0.1, 0.15) is 5.56 Å². The zero-order valence-corrected chi connectivity index (χ0v) is 12.0. The van der Waals surface area contributed by atoms with Gasteiger partial charge in [0.05, 0.1) is 16.0 Å². The van der Waals surface area contributed by atoms with Gasteiger partial charge in [-0.15, -0.1) is 0 Å². The molecule has 0 saturated heterocycles. The summed E-state index contributed by atoms with van der Waals surface area (Å²) in [5, 5.41) is 15.7. The molecule has 4 N–H and O–H groups in total. The van der Waals surface area contributed by atoms with Gasteiger partial charge in [0.15, 0.2) is 0 Å². The molecule has 0 atom stereocenters. The lowest BCUT2D eigenvalue weighted by atomic mass is 10.1. The molecule has 0 fully saturated rings. The highest BCUT2D eigenvalue weighted by Crippen LogP contribution is 2.21. The van der Waals surface area contributed by atoms with Crippen LogP contribution in [0, 0.1) is 10.1 Å². The number of H-pyrrole nitrogens is 2. The second-order valence-electron chi connectivity index (χ2n) is 4.58. The van der Waals surface area contributed by atoms with Crippen LogP contribution < -0.4 is 21.8 Å². The van der Waals surface area contributed by atoms with E-state index in [1.54, 1.807) is 0 Å². The van der Waals surface area contributed by atoms with Crippen molar-refractivity contribution in [2.45, 2.75) is 6.54 Å². The molecule has 2 aromatic rings. The van der Waals surface area contributed by atoms with Gasteiger partial charge < -0.3 is 20.6 Å². The van der Waals surface area contributed by atoms with Crippen LogP contribution in [0.4, 0.5) is 10.5 Å². The van der Waals surface area contributed by atoms with E-state index < -0.39 is 22.1 Å². The van der Waals surface area contributed by atoms with E-state index in [-0.39, 0.29) is 35.4 Å². The van der Waals surface area contributed by atoms with Crippen molar-refractivity contribution in [3.63, 3.8) is 0 Å². The average Bonchev–Trinajstić information content (AvgIpc) is 2.54. The lowest BCUT2D eigenvalue weighted by Gasteiger charge is -2.08. The third kappa shape index (κ3) is 3.72. The normalized spacial score (nSPS) is 10.0. The number of aromatic amines is 2. The molecule has 1 aromatic carbocycles. The van der Waals surface area contributed by atoms with E-state index in [1.807, 2.05) is 0 Å². The number of nitrogens with zero attached hydrogens (tertiary/aromatic N) is 1. The first-order chi connectivity index (χ1) is 11.4. The molecular weight excluding hydrogens is 322 g/mol. The summed E-state index contributed by atoms with van der Waals surface area (Å²) in [5.74, 6) is 1.49. The number of urea groups is 1. The van der Waals surface area contributed by atoms with Crippen LogP contribution in [-0.2, 0) is 11.3 Å². The third-order valence-electron chi connectivity index (χ3n) is 3.00. The molecule has 11 nitrogen and oxygen atoms in total. The van der Waals surface area contributed by atoms with Crippen molar-refractivity contribution < 1.29 is 14.5 Å². The van der Waals surface area contributed by atoms with Gasteiger partial charge in [-0.05, 0) is 0 Å². The molecule has 1 heterocycles. The van der Waals surface area contributed by atoms with Crippen LogP contribution in [0.2, 0.25) is 0 Å². The molecule has 24 heavy (non-hydrogen) atoms. The fraction of sp³-hybridized carbons (Fsp3) is 0.154. The second-order valence-corrected chi connectivity index (χ2v) is 4.58. The Morgan fingerprint density at radius 2 is 1.96 bits per heavy atom. The lowest BCUT2D eigenvalue weighted by Crippen LogP contribution is -2.35. The van der Waals surface area contributed by atoms with E-state index in [0.29, 0.717) is 0 Å². The summed E-state index contributed by atoms with van der Waals surface area (Å²) in [6.45, 7) is -0.189. The minimum atomic E-state index is -0.944. The zero-order valence-electron chi connectivity index (χ0n) is 12.0. The highest BCUT2D eigenvalue weighted by molar-refractivity contribution is 5.81. The highest BCUT2D eigenvalue weighted by atomic mass is 16.6. The molecule has 2 amide bonds. The maximum atomic E-state index is 11.5. The summed E-state index contributed by atoms with van der Waals surface area (Å²) in [6, 6.07) is 1.64. The number of benzene rings is 1. The quantitative estimate of drug-likeness (QED) is 0.244. The van der Waals surface area contributed by atoms with Crippen molar-refractivity contribution >= 4 is 28.7 Å². The fourth-order valence-corrected chi connectivity index (χ4v) is 1.95. The van der Waals surface area contributed by atoms with Crippen molar-refractivity contribution in [2.75, 3.05) is 6.54 Å². The molecule has 0 saturated carbocycles. The number of aromatic nitrogens is 2. The molecule has 124 valence electrons. The Labute approximate surface area is 132 Å². The summed E-state index contributed by atoms with van der Waals surface area (Å²) in [7, 11) is 0. The van der Waals surface area contributed by atoms with E-state index in [4.69, 9.17) is 0 Å². The Balaban J connectivity index is 2.36. The van der Waals surface area contributed by atoms with E-state index in [0.717, 1.165) is 12.1 Å². The Morgan fingerprint density at radius 3 is 2.62 bits per heavy atom. The number of nitro groups is 1. The summed E-state index contributed by atoms with van der Waals surface area (Å²) < 4.78 is 0. The Morgan fingerprint density at radius 1 is 1.25 bits per heavy atom. The zero-order chi connectivity index (χ0) is 17.7. The standard InChI is InChI=1S/C13H11N5O6/c19-3-1-2-14-13(22)15-6-7-4-8(18(23)24)5-9-10(7)17-12(21)11(20)16-9/h1,4-5H,2,6H2,(H,16,20)(H,17,21)(H2,14,15,22). The van der Waals surface area contributed by atoms with Crippen molar-refractivity contribution in [3.8, 4) is 0 Å². The minimum Gasteiger partial charge on any atom is -0.334 e. The first-order valence-corrected chi connectivity index (χ1v) is 6.57. The van der Waals surface area contributed by atoms with Gasteiger partial charge in [0.1, 0.15) is 5.94 Å². The number of carbonyl (C=O) groups is 1. The van der Waals surface area contributed by atoms with Crippen LogP contribution >= 0.6 is 0 Å². The molecule has 0 spiro atoms. The maximum absolute atomic E-state index is 11.5. The van der Waals surface area contributed by atoms with Crippen LogP contribution in [-0.4, -0.2) is 33.4 Å². The predicted molar refractivity (Wildman–Crippen MR) is 82.3 cm³/mol. The topological polar surface area (TPSA) is 167 Å². The Bertz CT molecular complexity index is 969. The van der Waals surface area contributed by atoms with Gasteiger partial charge in [-0.1, -0.05) is 0 Å². The van der Waals surface area contributed by atoms with E-state index in [2.05, 4.69) is 20.6 Å². The number of hydrogen-bond donors (Lipinski definition) is 4. The van der Waals surface area contributed by atoms with Crippen molar-refractivity contribution in [1.29, 1.82) is 0 Å². The molecule has 0 aliphatic heterocycles. The van der Waals surface area contributed by atoms with Crippen molar-refractivity contribution in [1.82, 2.24) is 20.6 Å². The number of rotatable bonds is 5. The number of nitrogens with one attached hydrogen (secondary N) is 4. The second kappa shape index (κ2) is 7.03. The molecule has 0 aliphatic carbocycles. The molecule has 1 aromatic heterocycles. The molecule has 0 bridgehead atoms. The highest BCUT2D eigenvalue weighted by Gasteiger charge is 2.14. The Hall–Kier alpha value is -3.72.